The molecule has 0 unspecified atom stereocenters. The maximum atomic E-state index is 13.8. The Morgan fingerprint density at radius 3 is 2.47 bits per heavy atom. The quantitative estimate of drug-likeness (QED) is 0.405. The summed E-state index contributed by atoms with van der Waals surface area (Å²) in [7, 11) is 0. The van der Waals surface area contributed by atoms with Crippen molar-refractivity contribution in [3.05, 3.63) is 64.1 Å². The van der Waals surface area contributed by atoms with Crippen molar-refractivity contribution in [2.24, 2.45) is 0 Å². The van der Waals surface area contributed by atoms with Crippen LogP contribution in [0.1, 0.15) is 37.8 Å². The molecule has 43 heavy (non-hydrogen) atoms. The number of hydrogen-bond donors (Lipinski definition) is 3. The molecule has 2 aromatic carbocycles. The molecule has 0 spiro atoms. The Morgan fingerprint density at radius 2 is 1.72 bits per heavy atom. The van der Waals surface area contributed by atoms with Crippen molar-refractivity contribution in [2.45, 2.75) is 57.8 Å². The number of anilines is 1. The highest BCUT2D eigenvalue weighted by molar-refractivity contribution is 5.92. The van der Waals surface area contributed by atoms with E-state index in [-0.39, 0.29) is 30.4 Å². The number of aromatic amines is 1. The molecule has 6 rings (SSSR count). The summed E-state index contributed by atoms with van der Waals surface area (Å²) in [6.45, 7) is 8.58. The topological polar surface area (TPSA) is 134 Å². The predicted molar refractivity (Wildman–Crippen MR) is 162 cm³/mol. The van der Waals surface area contributed by atoms with Gasteiger partial charge in [-0.1, -0.05) is 24.3 Å². The van der Waals surface area contributed by atoms with Crippen LogP contribution in [0, 0.1) is 0 Å². The molecule has 3 aliphatic heterocycles. The Hall–Kier alpha value is -4.32. The predicted octanol–water partition coefficient (Wildman–Crippen LogP) is 2.81. The maximum absolute atomic E-state index is 13.8. The van der Waals surface area contributed by atoms with E-state index < -0.39 is 11.8 Å². The van der Waals surface area contributed by atoms with Crippen molar-refractivity contribution in [1.82, 2.24) is 29.9 Å². The summed E-state index contributed by atoms with van der Waals surface area (Å²) < 4.78 is 5.22. The van der Waals surface area contributed by atoms with Crippen molar-refractivity contribution < 1.29 is 18.8 Å². The summed E-state index contributed by atoms with van der Waals surface area (Å²) in [5.74, 6) is -0.656. The number of amides is 5. The molecule has 3 aliphatic rings. The number of nitrogens with zero attached hydrogens (tertiary/aromatic N) is 4. The second-order valence-corrected chi connectivity index (χ2v) is 11.9. The Labute approximate surface area is 250 Å². The molecule has 0 radical (unpaired) electrons. The molecule has 2 fully saturated rings. The van der Waals surface area contributed by atoms with E-state index in [0.29, 0.717) is 62.7 Å². The maximum Gasteiger partial charge on any atom is 0.417 e. The molecule has 0 bridgehead atoms. The number of piperidine rings is 1. The number of H-pyrrole nitrogens is 1. The normalized spacial score (nSPS) is 19.0. The van der Waals surface area contributed by atoms with Gasteiger partial charge in [0.05, 0.1) is 5.52 Å². The first-order chi connectivity index (χ1) is 20.7. The van der Waals surface area contributed by atoms with Gasteiger partial charge >= 0.3 is 17.8 Å². The Bertz CT molecular complexity index is 1550. The third kappa shape index (κ3) is 6.24. The lowest BCUT2D eigenvalue weighted by Crippen LogP contribution is -2.58. The van der Waals surface area contributed by atoms with Gasteiger partial charge in [0.1, 0.15) is 6.04 Å². The van der Waals surface area contributed by atoms with E-state index in [9.17, 15) is 19.2 Å². The van der Waals surface area contributed by atoms with Crippen LogP contribution >= 0.6 is 0 Å². The standard InChI is InChI=1S/C31H39N7O5/c1-20(2)35-13-15-36(16-14-35)28(39)26(17-21-7-8-25-27(18-21)43-31(42)34-25)33-29(40)37-11-9-23(10-12-37)38-19-22-5-3-4-6-24(22)32-30(38)41/h3-8,18,20,23,26H,9-17,19H2,1-2H3,(H,32,41)(H,33,40)(H,34,42)/t26-/m1/s1. The molecular formula is C31H39N7O5. The fourth-order valence-electron chi connectivity index (χ4n) is 6.37. The minimum Gasteiger partial charge on any atom is -0.408 e. The van der Waals surface area contributed by atoms with Crippen LogP contribution < -0.4 is 16.4 Å². The Morgan fingerprint density at radius 1 is 0.977 bits per heavy atom. The number of likely N-dealkylation sites (tertiary alicyclic amines) is 1. The first kappa shape index (κ1) is 28.8. The number of piperazine rings is 1. The second kappa shape index (κ2) is 12.1. The van der Waals surface area contributed by atoms with Crippen molar-refractivity contribution in [3.8, 4) is 0 Å². The molecule has 12 nitrogen and oxygen atoms in total. The molecule has 0 saturated carbocycles. The molecule has 1 atom stereocenters. The van der Waals surface area contributed by atoms with E-state index in [0.717, 1.165) is 29.9 Å². The summed E-state index contributed by atoms with van der Waals surface area (Å²) in [5, 5.41) is 6.00. The monoisotopic (exact) mass is 589 g/mol. The zero-order chi connectivity index (χ0) is 30.1. The molecule has 3 N–H and O–H groups in total. The molecule has 12 heteroatoms. The SMILES string of the molecule is CC(C)N1CCN(C(=O)[C@@H](Cc2ccc3[nH]c(=O)oc3c2)NC(=O)N2CCC(N3Cc4ccccc4NC3=O)CC2)CC1. The van der Waals surface area contributed by atoms with Crippen LogP contribution in [0.3, 0.4) is 0 Å². The van der Waals surface area contributed by atoms with Gasteiger partial charge in [0, 0.05) is 70.0 Å². The molecule has 4 heterocycles. The van der Waals surface area contributed by atoms with E-state index in [1.165, 1.54) is 0 Å². The first-order valence-corrected chi connectivity index (χ1v) is 15.1. The number of carbonyl (C=O) groups excluding carboxylic acids is 3. The zero-order valence-electron chi connectivity index (χ0n) is 24.7. The largest absolute Gasteiger partial charge is 0.417 e. The number of fused-ring (bicyclic) bond motifs is 2. The van der Waals surface area contributed by atoms with Crippen LogP contribution in [-0.4, -0.2) is 99.9 Å². The summed E-state index contributed by atoms with van der Waals surface area (Å²) >= 11 is 0. The lowest BCUT2D eigenvalue weighted by atomic mass is 10.0. The van der Waals surface area contributed by atoms with Crippen LogP contribution in [0.25, 0.3) is 11.1 Å². The summed E-state index contributed by atoms with van der Waals surface area (Å²) in [5.41, 5.74) is 3.70. The highest BCUT2D eigenvalue weighted by Gasteiger charge is 2.35. The van der Waals surface area contributed by atoms with Crippen LogP contribution in [0.4, 0.5) is 15.3 Å². The number of para-hydroxylation sites is 1. The fourth-order valence-corrected chi connectivity index (χ4v) is 6.37. The number of urea groups is 2. The van der Waals surface area contributed by atoms with E-state index in [4.69, 9.17) is 4.42 Å². The molecular weight excluding hydrogens is 550 g/mol. The van der Waals surface area contributed by atoms with Crippen LogP contribution in [-0.2, 0) is 17.8 Å². The summed E-state index contributed by atoms with van der Waals surface area (Å²) in [6, 6.07) is 12.4. The van der Waals surface area contributed by atoms with Crippen LogP contribution in [0.2, 0.25) is 0 Å². The highest BCUT2D eigenvalue weighted by Crippen LogP contribution is 2.27. The third-order valence-corrected chi connectivity index (χ3v) is 8.93. The van der Waals surface area contributed by atoms with Gasteiger partial charge in [-0.3, -0.25) is 14.7 Å². The van der Waals surface area contributed by atoms with Gasteiger partial charge in [0.2, 0.25) is 5.91 Å². The molecule has 228 valence electrons. The molecule has 2 saturated heterocycles. The Balaban J connectivity index is 1.12. The van der Waals surface area contributed by atoms with Gasteiger partial charge in [-0.25, -0.2) is 14.4 Å². The molecule has 3 aromatic rings. The van der Waals surface area contributed by atoms with Crippen molar-refractivity contribution in [1.29, 1.82) is 0 Å². The van der Waals surface area contributed by atoms with Gasteiger partial charge in [0.25, 0.3) is 0 Å². The molecule has 5 amide bonds. The minimum absolute atomic E-state index is 0.0230. The molecule has 1 aromatic heterocycles. The van der Waals surface area contributed by atoms with Crippen LogP contribution in [0.15, 0.2) is 51.7 Å². The number of benzene rings is 2. The number of rotatable bonds is 6. The van der Waals surface area contributed by atoms with Gasteiger partial charge in [-0.05, 0) is 56.0 Å². The van der Waals surface area contributed by atoms with E-state index in [2.05, 4.69) is 34.4 Å². The van der Waals surface area contributed by atoms with Gasteiger partial charge in [-0.15, -0.1) is 0 Å². The van der Waals surface area contributed by atoms with Gasteiger partial charge in [-0.2, -0.15) is 0 Å². The fraction of sp³-hybridized carbons (Fsp3) is 0.484. The lowest BCUT2D eigenvalue weighted by molar-refractivity contribution is -0.135. The van der Waals surface area contributed by atoms with Crippen molar-refractivity contribution in [2.75, 3.05) is 44.6 Å². The van der Waals surface area contributed by atoms with Gasteiger partial charge in [0.15, 0.2) is 5.58 Å². The van der Waals surface area contributed by atoms with E-state index in [1.54, 1.807) is 17.0 Å². The average Bonchev–Trinajstić information content (AvgIpc) is 3.39. The highest BCUT2D eigenvalue weighted by atomic mass is 16.4. The number of hydrogen-bond acceptors (Lipinski definition) is 6. The zero-order valence-corrected chi connectivity index (χ0v) is 24.7. The average molecular weight is 590 g/mol. The summed E-state index contributed by atoms with van der Waals surface area (Å²) in [6.07, 6.45) is 1.58. The third-order valence-electron chi connectivity index (χ3n) is 8.93. The van der Waals surface area contributed by atoms with Gasteiger partial charge < -0.3 is 29.8 Å². The number of oxazole rings is 1. The first-order valence-electron chi connectivity index (χ1n) is 15.1. The minimum atomic E-state index is -0.775. The second-order valence-electron chi connectivity index (χ2n) is 11.9. The number of nitrogens with one attached hydrogen (secondary N) is 3. The van der Waals surface area contributed by atoms with E-state index >= 15 is 0 Å². The smallest absolute Gasteiger partial charge is 0.408 e. The van der Waals surface area contributed by atoms with Crippen molar-refractivity contribution >= 4 is 34.8 Å². The lowest BCUT2D eigenvalue weighted by Gasteiger charge is -2.41. The number of carbonyl (C=O) groups is 3. The van der Waals surface area contributed by atoms with E-state index in [1.807, 2.05) is 40.1 Å². The molecule has 0 aliphatic carbocycles. The Kier molecular flexibility index (Phi) is 8.11. The van der Waals surface area contributed by atoms with Crippen molar-refractivity contribution in [3.63, 3.8) is 0 Å². The number of aromatic nitrogens is 1. The van der Waals surface area contributed by atoms with Crippen LogP contribution in [0.5, 0.6) is 0 Å². The summed E-state index contributed by atoms with van der Waals surface area (Å²) in [4.78, 5) is 62.2.